The molecule has 4 nitrogen and oxygen atoms in total. The van der Waals surface area contributed by atoms with Crippen LogP contribution < -0.4 is 20.5 Å². The number of hydrogen-bond acceptors (Lipinski definition) is 4. The molecular formula is C13H22N2O2. The summed E-state index contributed by atoms with van der Waals surface area (Å²) < 4.78 is 10.8. The molecule has 0 heterocycles. The molecule has 0 aliphatic carbocycles. The highest BCUT2D eigenvalue weighted by Crippen LogP contribution is 2.35. The molecule has 1 rings (SSSR count). The quantitative estimate of drug-likeness (QED) is 0.790. The van der Waals surface area contributed by atoms with Crippen molar-refractivity contribution in [2.45, 2.75) is 19.4 Å². The Kier molecular flexibility index (Phi) is 5.25. The maximum atomic E-state index is 5.62. The van der Waals surface area contributed by atoms with Gasteiger partial charge in [0.15, 0.2) is 0 Å². The average Bonchev–Trinajstić information content (AvgIpc) is 2.35. The standard InChI is InChI=1S/C13H22N2O2/c1-9-12(16-3)6-5-10(13(9)17-4)11(15-2)7-8-14/h5-6,11,15H,7-8,14H2,1-4H3. The fraction of sp³-hybridized carbons (Fsp3) is 0.538. The SMILES string of the molecule is CNC(CCN)c1ccc(OC)c(C)c1OC. The van der Waals surface area contributed by atoms with Crippen LogP contribution in [0, 0.1) is 6.92 Å². The van der Waals surface area contributed by atoms with E-state index in [4.69, 9.17) is 15.2 Å². The molecule has 0 aliphatic heterocycles. The molecule has 1 unspecified atom stereocenters. The predicted molar refractivity (Wildman–Crippen MR) is 69.8 cm³/mol. The van der Waals surface area contributed by atoms with E-state index >= 15 is 0 Å². The molecule has 3 N–H and O–H groups in total. The lowest BCUT2D eigenvalue weighted by atomic mass is 9.99. The van der Waals surface area contributed by atoms with Gasteiger partial charge in [0, 0.05) is 17.2 Å². The van der Waals surface area contributed by atoms with Crippen molar-refractivity contribution in [2.75, 3.05) is 27.8 Å². The molecule has 0 amide bonds. The Bertz CT molecular complexity index is 367. The van der Waals surface area contributed by atoms with Crippen LogP contribution in [0.3, 0.4) is 0 Å². The number of hydrogen-bond donors (Lipinski definition) is 2. The van der Waals surface area contributed by atoms with E-state index in [2.05, 4.69) is 5.32 Å². The maximum absolute atomic E-state index is 5.62. The molecule has 1 atom stereocenters. The third kappa shape index (κ3) is 2.90. The second-order valence-corrected chi connectivity index (χ2v) is 3.93. The van der Waals surface area contributed by atoms with Gasteiger partial charge in [0.2, 0.25) is 0 Å². The lowest BCUT2D eigenvalue weighted by Crippen LogP contribution is -2.20. The van der Waals surface area contributed by atoms with Gasteiger partial charge in [-0.2, -0.15) is 0 Å². The van der Waals surface area contributed by atoms with Crippen molar-refractivity contribution in [1.82, 2.24) is 5.32 Å². The fourth-order valence-corrected chi connectivity index (χ4v) is 2.08. The molecule has 0 bridgehead atoms. The number of benzene rings is 1. The van der Waals surface area contributed by atoms with Crippen molar-refractivity contribution in [3.05, 3.63) is 23.3 Å². The molecule has 4 heteroatoms. The molecule has 0 aliphatic rings. The highest BCUT2D eigenvalue weighted by atomic mass is 16.5. The first kappa shape index (κ1) is 13.8. The summed E-state index contributed by atoms with van der Waals surface area (Å²) in [4.78, 5) is 0. The van der Waals surface area contributed by atoms with Gasteiger partial charge in [0.25, 0.3) is 0 Å². The van der Waals surface area contributed by atoms with Crippen LogP contribution in [0.5, 0.6) is 11.5 Å². The maximum Gasteiger partial charge on any atom is 0.130 e. The van der Waals surface area contributed by atoms with Gasteiger partial charge >= 0.3 is 0 Å². The van der Waals surface area contributed by atoms with Crippen LogP contribution in [0.4, 0.5) is 0 Å². The van der Waals surface area contributed by atoms with E-state index in [1.165, 1.54) is 0 Å². The summed E-state index contributed by atoms with van der Waals surface area (Å²) in [5.74, 6) is 1.71. The van der Waals surface area contributed by atoms with E-state index in [9.17, 15) is 0 Å². The normalized spacial score (nSPS) is 12.3. The zero-order chi connectivity index (χ0) is 12.8. The third-order valence-electron chi connectivity index (χ3n) is 2.99. The lowest BCUT2D eigenvalue weighted by molar-refractivity contribution is 0.379. The second-order valence-electron chi connectivity index (χ2n) is 3.93. The van der Waals surface area contributed by atoms with Gasteiger partial charge in [0.1, 0.15) is 11.5 Å². The average molecular weight is 238 g/mol. The molecule has 0 spiro atoms. The van der Waals surface area contributed by atoms with Gasteiger partial charge < -0.3 is 20.5 Å². The Labute approximate surface area is 103 Å². The van der Waals surface area contributed by atoms with Crippen LogP contribution in [-0.4, -0.2) is 27.8 Å². The highest BCUT2D eigenvalue weighted by molar-refractivity contribution is 5.50. The topological polar surface area (TPSA) is 56.5 Å². The summed E-state index contributed by atoms with van der Waals surface area (Å²) in [5, 5.41) is 3.26. The monoisotopic (exact) mass is 238 g/mol. The zero-order valence-electron chi connectivity index (χ0n) is 11.0. The Hall–Kier alpha value is -1.26. The Morgan fingerprint density at radius 1 is 1.29 bits per heavy atom. The summed E-state index contributed by atoms with van der Waals surface area (Å²) in [5.41, 5.74) is 7.76. The number of nitrogens with two attached hydrogens (primary N) is 1. The molecule has 1 aromatic carbocycles. The Balaban J connectivity index is 3.18. The van der Waals surface area contributed by atoms with Crippen LogP contribution in [-0.2, 0) is 0 Å². The Morgan fingerprint density at radius 3 is 2.47 bits per heavy atom. The van der Waals surface area contributed by atoms with Crippen LogP contribution in [0.2, 0.25) is 0 Å². The van der Waals surface area contributed by atoms with Crippen LogP contribution in [0.15, 0.2) is 12.1 Å². The summed E-state index contributed by atoms with van der Waals surface area (Å²) >= 11 is 0. The van der Waals surface area contributed by atoms with Crippen molar-refractivity contribution in [3.63, 3.8) is 0 Å². The summed E-state index contributed by atoms with van der Waals surface area (Å²) in [6, 6.07) is 4.20. The van der Waals surface area contributed by atoms with Gasteiger partial charge in [-0.05, 0) is 33.0 Å². The molecule has 96 valence electrons. The van der Waals surface area contributed by atoms with E-state index in [1.807, 2.05) is 26.1 Å². The molecule has 1 aromatic rings. The first-order valence-electron chi connectivity index (χ1n) is 5.78. The molecule has 0 fully saturated rings. The smallest absolute Gasteiger partial charge is 0.130 e. The largest absolute Gasteiger partial charge is 0.496 e. The first-order chi connectivity index (χ1) is 8.19. The minimum Gasteiger partial charge on any atom is -0.496 e. The number of methoxy groups -OCH3 is 2. The number of rotatable bonds is 6. The van der Waals surface area contributed by atoms with Crippen LogP contribution >= 0.6 is 0 Å². The van der Waals surface area contributed by atoms with Gasteiger partial charge in [0.05, 0.1) is 14.2 Å². The van der Waals surface area contributed by atoms with Crippen molar-refractivity contribution in [1.29, 1.82) is 0 Å². The third-order valence-corrected chi connectivity index (χ3v) is 2.99. The van der Waals surface area contributed by atoms with E-state index in [-0.39, 0.29) is 6.04 Å². The molecule has 0 radical (unpaired) electrons. The Morgan fingerprint density at radius 2 is 2.00 bits per heavy atom. The molecule has 0 saturated heterocycles. The van der Waals surface area contributed by atoms with E-state index < -0.39 is 0 Å². The molecule has 0 saturated carbocycles. The first-order valence-corrected chi connectivity index (χ1v) is 5.78. The minimum atomic E-state index is 0.208. The van der Waals surface area contributed by atoms with Crippen LogP contribution in [0.1, 0.15) is 23.6 Å². The fourth-order valence-electron chi connectivity index (χ4n) is 2.08. The van der Waals surface area contributed by atoms with E-state index in [1.54, 1.807) is 14.2 Å². The molecule has 0 aromatic heterocycles. The number of ether oxygens (including phenoxy) is 2. The van der Waals surface area contributed by atoms with Crippen molar-refractivity contribution in [3.8, 4) is 11.5 Å². The summed E-state index contributed by atoms with van der Waals surface area (Å²) in [6.45, 7) is 2.63. The second kappa shape index (κ2) is 6.47. The van der Waals surface area contributed by atoms with Crippen molar-refractivity contribution < 1.29 is 9.47 Å². The van der Waals surface area contributed by atoms with Crippen molar-refractivity contribution in [2.24, 2.45) is 5.73 Å². The van der Waals surface area contributed by atoms with Gasteiger partial charge in [-0.1, -0.05) is 6.07 Å². The molecular weight excluding hydrogens is 216 g/mol. The van der Waals surface area contributed by atoms with Crippen LogP contribution in [0.25, 0.3) is 0 Å². The number of nitrogens with one attached hydrogen (secondary N) is 1. The highest BCUT2D eigenvalue weighted by Gasteiger charge is 2.17. The van der Waals surface area contributed by atoms with Gasteiger partial charge in [-0.25, -0.2) is 0 Å². The van der Waals surface area contributed by atoms with Gasteiger partial charge in [-0.3, -0.25) is 0 Å². The summed E-state index contributed by atoms with van der Waals surface area (Å²) in [6.07, 6.45) is 0.874. The van der Waals surface area contributed by atoms with Gasteiger partial charge in [-0.15, -0.1) is 0 Å². The predicted octanol–water partition coefficient (Wildman–Crippen LogP) is 1.62. The lowest BCUT2D eigenvalue weighted by Gasteiger charge is -2.21. The molecule has 17 heavy (non-hydrogen) atoms. The minimum absolute atomic E-state index is 0.208. The zero-order valence-corrected chi connectivity index (χ0v) is 11.0. The van der Waals surface area contributed by atoms with E-state index in [0.717, 1.165) is 29.0 Å². The summed E-state index contributed by atoms with van der Waals surface area (Å²) in [7, 11) is 5.27. The van der Waals surface area contributed by atoms with E-state index in [0.29, 0.717) is 6.54 Å². The van der Waals surface area contributed by atoms with Crippen molar-refractivity contribution >= 4 is 0 Å².